The van der Waals surface area contributed by atoms with E-state index in [1.54, 1.807) is 18.2 Å². The molecule has 0 saturated carbocycles. The maximum atomic E-state index is 13.2. The van der Waals surface area contributed by atoms with Crippen LogP contribution in [-0.4, -0.2) is 62.6 Å². The largest absolute Gasteiger partial charge is 0.369 e. The fourth-order valence-electron chi connectivity index (χ4n) is 4.14. The van der Waals surface area contributed by atoms with E-state index in [9.17, 15) is 13.2 Å². The van der Waals surface area contributed by atoms with Crippen molar-refractivity contribution in [1.29, 1.82) is 0 Å². The van der Waals surface area contributed by atoms with Gasteiger partial charge in [-0.05, 0) is 36.4 Å². The summed E-state index contributed by atoms with van der Waals surface area (Å²) in [7, 11) is -1.10. The fourth-order valence-corrected chi connectivity index (χ4v) is 5.94. The molecule has 2 aliphatic heterocycles. The number of para-hydroxylation sites is 1. The van der Waals surface area contributed by atoms with Gasteiger partial charge in [0.05, 0.1) is 33.9 Å². The number of carbonyl (C=O) groups excluding carboxylic acids is 1. The van der Waals surface area contributed by atoms with Crippen LogP contribution >= 0.6 is 23.2 Å². The molecule has 0 atom stereocenters. The number of hydrogen-bond donors (Lipinski definition) is 1. The molecular formula is C23H22Cl2N6O3S. The summed E-state index contributed by atoms with van der Waals surface area (Å²) < 4.78 is 23.3. The Kier molecular flexibility index (Phi) is 6.20. The Balaban J connectivity index is 1.33. The van der Waals surface area contributed by atoms with Crippen molar-refractivity contribution in [2.45, 2.75) is 0 Å². The van der Waals surface area contributed by atoms with Crippen LogP contribution in [0, 0.1) is 0 Å². The number of nitrogens with zero attached hydrogens (tertiary/aromatic N) is 5. The summed E-state index contributed by atoms with van der Waals surface area (Å²) in [6, 6.07) is 12.7. The number of aromatic nitrogens is 2. The van der Waals surface area contributed by atoms with Gasteiger partial charge in [0.25, 0.3) is 5.91 Å². The number of anilines is 5. The van der Waals surface area contributed by atoms with E-state index in [4.69, 9.17) is 23.2 Å². The maximum absolute atomic E-state index is 13.2. The molecular weight excluding hydrogens is 511 g/mol. The lowest BCUT2D eigenvalue weighted by atomic mass is 10.2. The molecule has 0 spiro atoms. The van der Waals surface area contributed by atoms with Gasteiger partial charge < -0.3 is 15.1 Å². The van der Waals surface area contributed by atoms with Gasteiger partial charge in [0.15, 0.2) is 9.84 Å². The van der Waals surface area contributed by atoms with Crippen molar-refractivity contribution >= 4 is 67.8 Å². The normalized spacial score (nSPS) is 17.3. The van der Waals surface area contributed by atoms with E-state index in [0.29, 0.717) is 46.2 Å². The molecule has 5 rings (SSSR count). The van der Waals surface area contributed by atoms with Gasteiger partial charge in [-0.15, -0.1) is 0 Å². The van der Waals surface area contributed by atoms with Crippen LogP contribution in [0.15, 0.2) is 48.7 Å². The topological polar surface area (TPSA) is 98.7 Å². The molecule has 2 aromatic carbocycles. The van der Waals surface area contributed by atoms with Crippen molar-refractivity contribution in [2.75, 3.05) is 58.3 Å². The first kappa shape index (κ1) is 23.7. The molecule has 3 aromatic rings. The molecule has 1 N–H and O–H groups in total. The summed E-state index contributed by atoms with van der Waals surface area (Å²) >= 11 is 12.6. The first-order valence-electron chi connectivity index (χ1n) is 10.9. The summed E-state index contributed by atoms with van der Waals surface area (Å²) in [5.41, 5.74) is 2.52. The highest BCUT2D eigenvalue weighted by atomic mass is 35.5. The van der Waals surface area contributed by atoms with Gasteiger partial charge >= 0.3 is 0 Å². The van der Waals surface area contributed by atoms with E-state index in [2.05, 4.69) is 20.2 Å². The quantitative estimate of drug-likeness (QED) is 0.541. The molecule has 1 fully saturated rings. The number of benzene rings is 2. The second-order valence-electron chi connectivity index (χ2n) is 8.38. The van der Waals surface area contributed by atoms with Crippen molar-refractivity contribution in [3.63, 3.8) is 0 Å². The van der Waals surface area contributed by atoms with Gasteiger partial charge in [-0.3, -0.25) is 9.69 Å². The number of carbonyl (C=O) groups is 1. The fraction of sp³-hybridized carbons (Fsp3) is 0.261. The third-order valence-electron chi connectivity index (χ3n) is 6.00. The molecule has 3 heterocycles. The molecule has 9 nitrogen and oxygen atoms in total. The van der Waals surface area contributed by atoms with Crippen LogP contribution in [0.1, 0.15) is 10.4 Å². The van der Waals surface area contributed by atoms with Gasteiger partial charge in [0.1, 0.15) is 11.4 Å². The van der Waals surface area contributed by atoms with Crippen molar-refractivity contribution in [3.8, 4) is 0 Å². The molecule has 1 aromatic heterocycles. The van der Waals surface area contributed by atoms with Crippen LogP contribution in [0.25, 0.3) is 0 Å². The van der Waals surface area contributed by atoms with Crippen LogP contribution in [-0.2, 0) is 9.84 Å². The summed E-state index contributed by atoms with van der Waals surface area (Å²) in [4.78, 5) is 27.5. The van der Waals surface area contributed by atoms with Gasteiger partial charge in [0, 0.05) is 37.7 Å². The minimum absolute atomic E-state index is 0.169. The number of hydrogen-bond acceptors (Lipinski definition) is 8. The molecule has 0 bridgehead atoms. The van der Waals surface area contributed by atoms with E-state index in [0.717, 1.165) is 11.4 Å². The first-order chi connectivity index (χ1) is 16.7. The Labute approximate surface area is 213 Å². The van der Waals surface area contributed by atoms with E-state index >= 15 is 0 Å². The van der Waals surface area contributed by atoms with Gasteiger partial charge in [-0.25, -0.2) is 13.4 Å². The lowest BCUT2D eigenvalue weighted by molar-refractivity contribution is 0.0982. The summed E-state index contributed by atoms with van der Waals surface area (Å²) in [5, 5.41) is 3.93. The predicted octanol–water partition coefficient (Wildman–Crippen LogP) is 3.82. The lowest BCUT2D eigenvalue weighted by Crippen LogP contribution is -2.46. The molecule has 1 saturated heterocycles. The predicted molar refractivity (Wildman–Crippen MR) is 139 cm³/mol. The molecule has 0 unspecified atom stereocenters. The van der Waals surface area contributed by atoms with E-state index in [-0.39, 0.29) is 24.1 Å². The van der Waals surface area contributed by atoms with Crippen LogP contribution in [0.4, 0.5) is 28.8 Å². The number of amides is 1. The van der Waals surface area contributed by atoms with E-state index < -0.39 is 9.84 Å². The van der Waals surface area contributed by atoms with Gasteiger partial charge in [-0.2, -0.15) is 4.98 Å². The minimum atomic E-state index is -2.93. The standard InChI is InChI=1S/C23H22Cl2N6O3S/c1-29-14-31(20-18(24)3-2-4-19(20)25)22(32)17-13-26-23(28-21(17)29)27-15-5-7-16(8-6-15)30-9-11-35(33,34)12-10-30/h2-8,13H,9-12,14H2,1H3,(H,26,27,28). The molecule has 12 heteroatoms. The van der Waals surface area contributed by atoms with Gasteiger partial charge in [-0.1, -0.05) is 29.3 Å². The van der Waals surface area contributed by atoms with Crippen molar-refractivity contribution < 1.29 is 13.2 Å². The Bertz CT molecular complexity index is 1370. The average molecular weight is 533 g/mol. The number of halogens is 2. The molecule has 35 heavy (non-hydrogen) atoms. The zero-order chi connectivity index (χ0) is 24.7. The van der Waals surface area contributed by atoms with Crippen molar-refractivity contribution in [2.24, 2.45) is 0 Å². The SMILES string of the molecule is CN1CN(c2c(Cl)cccc2Cl)C(=O)c2cnc(Nc3ccc(N4CCS(=O)(=O)CC4)cc3)nc21. The number of nitrogens with one attached hydrogen (secondary N) is 1. The summed E-state index contributed by atoms with van der Waals surface area (Å²) in [6.45, 7) is 1.20. The number of sulfone groups is 1. The molecule has 0 radical (unpaired) electrons. The zero-order valence-electron chi connectivity index (χ0n) is 18.8. The second-order valence-corrected chi connectivity index (χ2v) is 11.5. The van der Waals surface area contributed by atoms with Crippen LogP contribution in [0.2, 0.25) is 10.0 Å². The van der Waals surface area contributed by atoms with Crippen molar-refractivity contribution in [1.82, 2.24) is 9.97 Å². The zero-order valence-corrected chi connectivity index (χ0v) is 21.1. The second kappa shape index (κ2) is 9.18. The average Bonchev–Trinajstić information content (AvgIpc) is 2.83. The minimum Gasteiger partial charge on any atom is -0.369 e. The van der Waals surface area contributed by atoms with Gasteiger partial charge in [0.2, 0.25) is 5.95 Å². The lowest BCUT2D eigenvalue weighted by Gasteiger charge is -2.35. The third kappa shape index (κ3) is 4.73. The highest BCUT2D eigenvalue weighted by Gasteiger charge is 2.32. The van der Waals surface area contributed by atoms with Crippen LogP contribution < -0.4 is 20.0 Å². The molecule has 2 aliphatic rings. The van der Waals surface area contributed by atoms with Crippen molar-refractivity contribution in [3.05, 3.63) is 64.3 Å². The Morgan fingerprint density at radius 2 is 1.66 bits per heavy atom. The highest BCUT2D eigenvalue weighted by Crippen LogP contribution is 2.37. The van der Waals surface area contributed by atoms with Crippen LogP contribution in [0.3, 0.4) is 0 Å². The van der Waals surface area contributed by atoms with E-state index in [1.165, 1.54) is 11.1 Å². The maximum Gasteiger partial charge on any atom is 0.265 e. The number of fused-ring (bicyclic) bond motifs is 1. The Morgan fingerprint density at radius 1 is 1.00 bits per heavy atom. The molecule has 182 valence electrons. The summed E-state index contributed by atoms with van der Waals surface area (Å²) in [6.07, 6.45) is 1.49. The smallest absolute Gasteiger partial charge is 0.265 e. The third-order valence-corrected chi connectivity index (χ3v) is 8.22. The Hall–Kier alpha value is -3.08. The summed E-state index contributed by atoms with van der Waals surface area (Å²) in [5.74, 6) is 0.903. The first-order valence-corrected chi connectivity index (χ1v) is 13.5. The van der Waals surface area contributed by atoms with Crippen LogP contribution in [0.5, 0.6) is 0 Å². The molecule has 0 aliphatic carbocycles. The number of rotatable bonds is 4. The highest BCUT2D eigenvalue weighted by molar-refractivity contribution is 7.91. The van der Waals surface area contributed by atoms with E-state index in [1.807, 2.05) is 36.2 Å². The Morgan fingerprint density at radius 3 is 2.31 bits per heavy atom. The monoisotopic (exact) mass is 532 g/mol. The molecule has 1 amide bonds.